The van der Waals surface area contributed by atoms with E-state index in [-0.39, 0.29) is 57.8 Å². The number of rotatable bonds is 4. The molecule has 14 heteroatoms. The lowest BCUT2D eigenvalue weighted by molar-refractivity contribution is -0.147. The first kappa shape index (κ1) is 34.9. The molecule has 3 aliphatic rings. The van der Waals surface area contributed by atoms with Crippen LogP contribution in [0.1, 0.15) is 43.7 Å². The number of hydrogen-bond donors (Lipinski definition) is 4. The second-order valence-corrected chi connectivity index (χ2v) is 12.4. The zero-order valence-electron chi connectivity index (χ0n) is 27.8. The number of amides is 5. The minimum atomic E-state index is -1.40. The fourth-order valence-electron chi connectivity index (χ4n) is 5.71. The van der Waals surface area contributed by atoms with Crippen LogP contribution in [0.5, 0.6) is 11.5 Å². The second kappa shape index (κ2) is 15.7. The first-order valence-corrected chi connectivity index (χ1v) is 16.4. The highest BCUT2D eigenvalue weighted by Crippen LogP contribution is 2.31. The fraction of sp³-hybridized carbons (Fsp3) is 0.429. The minimum absolute atomic E-state index is 0.0414. The first-order valence-electron chi connectivity index (χ1n) is 16.4. The average molecular weight is 675 g/mol. The molecule has 3 aliphatic heterocycles. The molecule has 0 unspecified atom stereocenters. The van der Waals surface area contributed by atoms with Crippen LogP contribution < -0.4 is 30.7 Å². The van der Waals surface area contributed by atoms with E-state index in [1.54, 1.807) is 49.1 Å². The molecule has 3 atom stereocenters. The third-order valence-corrected chi connectivity index (χ3v) is 8.56. The molecule has 0 radical (unpaired) electrons. The summed E-state index contributed by atoms with van der Waals surface area (Å²) in [5.41, 5.74) is 0.0653. The third-order valence-electron chi connectivity index (χ3n) is 8.56. The monoisotopic (exact) mass is 674 g/mol. The predicted molar refractivity (Wildman–Crippen MR) is 176 cm³/mol. The van der Waals surface area contributed by atoms with Crippen LogP contribution in [0.15, 0.2) is 65.2 Å². The fourth-order valence-corrected chi connectivity index (χ4v) is 5.71. The van der Waals surface area contributed by atoms with Crippen molar-refractivity contribution in [2.45, 2.75) is 70.2 Å². The molecule has 1 aromatic heterocycles. The number of ether oxygens (including phenoxy) is 2. The molecule has 14 nitrogen and oxygen atoms in total. The van der Waals surface area contributed by atoms with Crippen molar-refractivity contribution in [3.05, 3.63) is 77.7 Å². The van der Waals surface area contributed by atoms with Crippen molar-refractivity contribution in [1.29, 1.82) is 0 Å². The van der Waals surface area contributed by atoms with Gasteiger partial charge in [-0.1, -0.05) is 35.5 Å². The van der Waals surface area contributed by atoms with Gasteiger partial charge in [-0.05, 0) is 50.6 Å². The van der Waals surface area contributed by atoms with Crippen molar-refractivity contribution in [1.82, 2.24) is 31.3 Å². The van der Waals surface area contributed by atoms with Crippen molar-refractivity contribution >= 4 is 29.5 Å². The Hall–Kier alpha value is -5.40. The summed E-state index contributed by atoms with van der Waals surface area (Å²) in [6.45, 7) is 5.66. The van der Waals surface area contributed by atoms with Crippen molar-refractivity contribution in [3.8, 4) is 11.5 Å². The number of piperidine rings is 1. The van der Waals surface area contributed by atoms with Crippen molar-refractivity contribution < 1.29 is 38.0 Å². The Morgan fingerprint density at radius 1 is 0.878 bits per heavy atom. The van der Waals surface area contributed by atoms with E-state index in [1.165, 1.54) is 6.92 Å². The Morgan fingerprint density at radius 2 is 1.55 bits per heavy atom. The number of benzene rings is 2. The van der Waals surface area contributed by atoms with Crippen LogP contribution in [0.2, 0.25) is 0 Å². The highest BCUT2D eigenvalue weighted by Gasteiger charge is 2.45. The van der Waals surface area contributed by atoms with Crippen LogP contribution in [-0.4, -0.2) is 89.6 Å². The SMILES string of the molecule is Cc1cc(CC(=O)N2CCC3(CC2)Oc2ccc(cc2)OCCNC(=O)[C@H](C)NC(=O)[C@H](Cc2ccccc2)NC(=O)[C@H](C)NC3=O)on1. The molecule has 6 rings (SSSR count). The second-order valence-electron chi connectivity index (χ2n) is 12.4. The summed E-state index contributed by atoms with van der Waals surface area (Å²) < 4.78 is 17.4. The first-order chi connectivity index (χ1) is 23.5. The molecule has 4 N–H and O–H groups in total. The maximum atomic E-state index is 14.0. The molecule has 1 saturated heterocycles. The maximum Gasteiger partial charge on any atom is 0.264 e. The standard InChI is InChI=1S/C35H42N6O8/c1-22-19-28(49-40-22)21-30(42)41-16-13-35(14-17-41)34(46)38-24(3)32(44)39-29(20-25-7-5-4-6-8-25)33(45)37-23(2)31(43)36-15-18-47-26-9-11-27(48-35)12-10-26/h4-12,19,23-24,29H,13-18,20-21H2,1-3H3,(H,36,43)(H,37,45)(H,38,46)(H,39,44)/t23-,24-,29-/m0/s1. The predicted octanol–water partition coefficient (Wildman–Crippen LogP) is 1.21. The number of aryl methyl sites for hydroxylation is 1. The van der Waals surface area contributed by atoms with Crippen LogP contribution >= 0.6 is 0 Å². The molecule has 2 bridgehead atoms. The Kier molecular flexibility index (Phi) is 11.2. The van der Waals surface area contributed by atoms with Gasteiger partial charge in [-0.15, -0.1) is 0 Å². The average Bonchev–Trinajstić information content (AvgIpc) is 3.51. The van der Waals surface area contributed by atoms with Gasteiger partial charge < -0.3 is 40.2 Å². The number of likely N-dealkylation sites (tertiary alicyclic amines) is 1. The molecule has 4 heterocycles. The van der Waals surface area contributed by atoms with Crippen LogP contribution in [0.25, 0.3) is 0 Å². The summed E-state index contributed by atoms with van der Waals surface area (Å²) in [5.74, 6) is -0.883. The molecular weight excluding hydrogens is 632 g/mol. The number of carbonyl (C=O) groups is 5. The Balaban J connectivity index is 1.36. The van der Waals surface area contributed by atoms with E-state index in [2.05, 4.69) is 26.4 Å². The van der Waals surface area contributed by atoms with Gasteiger partial charge in [-0.25, -0.2) is 0 Å². The number of carbonyl (C=O) groups excluding carboxylic acids is 5. The van der Waals surface area contributed by atoms with Crippen molar-refractivity contribution in [2.24, 2.45) is 0 Å². The van der Waals surface area contributed by atoms with Crippen LogP contribution in [0, 0.1) is 6.92 Å². The zero-order chi connectivity index (χ0) is 35.0. The lowest BCUT2D eigenvalue weighted by Crippen LogP contribution is -2.61. The molecule has 260 valence electrons. The van der Waals surface area contributed by atoms with Gasteiger partial charge in [-0.3, -0.25) is 24.0 Å². The third kappa shape index (κ3) is 9.15. The molecular formula is C35H42N6O8. The zero-order valence-corrected chi connectivity index (χ0v) is 27.8. The van der Waals surface area contributed by atoms with Crippen molar-refractivity contribution in [2.75, 3.05) is 26.2 Å². The molecule has 1 fully saturated rings. The van der Waals surface area contributed by atoms with Gasteiger partial charge in [0.15, 0.2) is 5.60 Å². The van der Waals surface area contributed by atoms with E-state index in [1.807, 2.05) is 30.3 Å². The van der Waals surface area contributed by atoms with Gasteiger partial charge in [0.05, 0.1) is 18.7 Å². The lowest BCUT2D eigenvalue weighted by Gasteiger charge is -2.41. The van der Waals surface area contributed by atoms with Gasteiger partial charge >= 0.3 is 0 Å². The number of aromatic nitrogens is 1. The Morgan fingerprint density at radius 3 is 2.22 bits per heavy atom. The van der Waals surface area contributed by atoms with Gasteiger partial charge in [0.25, 0.3) is 5.91 Å². The van der Waals surface area contributed by atoms with Crippen LogP contribution in [0.3, 0.4) is 0 Å². The number of fused-ring (bicyclic) bond motifs is 15. The highest BCUT2D eigenvalue weighted by molar-refractivity contribution is 5.95. The molecule has 5 amide bonds. The summed E-state index contributed by atoms with van der Waals surface area (Å²) in [4.78, 5) is 68.3. The van der Waals surface area contributed by atoms with E-state index in [0.29, 0.717) is 23.0 Å². The smallest absolute Gasteiger partial charge is 0.264 e. The topological polar surface area (TPSA) is 181 Å². The van der Waals surface area contributed by atoms with E-state index in [9.17, 15) is 24.0 Å². The quantitative estimate of drug-likeness (QED) is 0.296. The summed E-state index contributed by atoms with van der Waals surface area (Å²) in [6, 6.07) is 14.6. The molecule has 49 heavy (non-hydrogen) atoms. The summed E-state index contributed by atoms with van der Waals surface area (Å²) >= 11 is 0. The van der Waals surface area contributed by atoms with Crippen LogP contribution in [0.4, 0.5) is 0 Å². The molecule has 2 aromatic carbocycles. The van der Waals surface area contributed by atoms with Gasteiger partial charge in [0.2, 0.25) is 23.6 Å². The van der Waals surface area contributed by atoms with Gasteiger partial charge in [0.1, 0.15) is 42.0 Å². The normalized spacial score (nSPS) is 22.2. The summed E-state index contributed by atoms with van der Waals surface area (Å²) in [6.07, 6.45) is 0.508. The van der Waals surface area contributed by atoms with Gasteiger partial charge in [0, 0.05) is 38.4 Å². The Bertz CT molecular complexity index is 1630. The maximum absolute atomic E-state index is 14.0. The molecule has 0 saturated carbocycles. The molecule has 0 aliphatic carbocycles. The van der Waals surface area contributed by atoms with Crippen molar-refractivity contribution in [3.63, 3.8) is 0 Å². The number of nitrogens with zero attached hydrogens (tertiary/aromatic N) is 2. The van der Waals surface area contributed by atoms with Crippen LogP contribution in [-0.2, 0) is 36.8 Å². The largest absolute Gasteiger partial charge is 0.492 e. The summed E-state index contributed by atoms with van der Waals surface area (Å²) in [5, 5.41) is 14.8. The van der Waals surface area contributed by atoms with E-state index >= 15 is 0 Å². The number of nitrogens with one attached hydrogen (secondary N) is 4. The molecule has 1 spiro atoms. The summed E-state index contributed by atoms with van der Waals surface area (Å²) in [7, 11) is 0. The van der Waals surface area contributed by atoms with Gasteiger partial charge in [-0.2, -0.15) is 0 Å². The van der Waals surface area contributed by atoms with E-state index in [0.717, 1.165) is 5.56 Å². The van der Waals surface area contributed by atoms with E-state index < -0.39 is 47.4 Å². The lowest BCUT2D eigenvalue weighted by atomic mass is 9.89. The van der Waals surface area contributed by atoms with E-state index in [4.69, 9.17) is 14.0 Å². The molecule has 3 aromatic rings. The minimum Gasteiger partial charge on any atom is -0.492 e. The Labute approximate surface area is 284 Å². The number of hydrogen-bond acceptors (Lipinski definition) is 9. The highest BCUT2D eigenvalue weighted by atomic mass is 16.5.